The fourth-order valence-corrected chi connectivity index (χ4v) is 6.60. The summed E-state index contributed by atoms with van der Waals surface area (Å²) < 4.78 is 7.52. The topological polar surface area (TPSA) is 102 Å². The third kappa shape index (κ3) is 4.84. The van der Waals surface area contributed by atoms with Crippen LogP contribution in [0.5, 0.6) is 0 Å². The van der Waals surface area contributed by atoms with E-state index in [9.17, 15) is 19.2 Å². The number of piperidine rings is 1. The molecule has 6 rings (SSSR count). The third-order valence-corrected chi connectivity index (χ3v) is 8.35. The molecule has 0 radical (unpaired) electrons. The summed E-state index contributed by atoms with van der Waals surface area (Å²) in [5.41, 5.74) is 2.20. The molecule has 1 saturated heterocycles. The number of nitrogens with one attached hydrogen (secondary N) is 1. The van der Waals surface area contributed by atoms with Crippen LogP contribution in [0, 0.1) is 11.3 Å². The van der Waals surface area contributed by atoms with Crippen LogP contribution < -0.4 is 10.9 Å². The van der Waals surface area contributed by atoms with Crippen molar-refractivity contribution in [3.63, 3.8) is 0 Å². The van der Waals surface area contributed by atoms with Crippen molar-refractivity contribution in [1.29, 1.82) is 0 Å². The first-order chi connectivity index (χ1) is 18.7. The minimum absolute atomic E-state index is 0.00225. The van der Waals surface area contributed by atoms with Gasteiger partial charge in [-0.25, -0.2) is 0 Å². The molecular formula is C31H33N3O5. The number of fused-ring (bicyclic) bond motifs is 5. The number of benzene rings is 1. The molecule has 8 heteroatoms. The van der Waals surface area contributed by atoms with Gasteiger partial charge >= 0.3 is 0 Å². The van der Waals surface area contributed by atoms with Gasteiger partial charge in [-0.2, -0.15) is 0 Å². The lowest BCUT2D eigenvalue weighted by atomic mass is 9.76. The Morgan fingerprint density at radius 1 is 1.03 bits per heavy atom. The van der Waals surface area contributed by atoms with Gasteiger partial charge in [0.1, 0.15) is 18.1 Å². The predicted octanol–water partition coefficient (Wildman–Crippen LogP) is 3.58. The second kappa shape index (κ2) is 9.67. The average molecular weight is 528 g/mol. The SMILES string of the molecule is CC1(C)CC(=O)c2c(C(=O)N[C@H](Cc3ccccc3)C(=O)N3C[C@@H]4C[C@H](C3)c3cccc(=O)n3C4)coc2C1. The lowest BCUT2D eigenvalue weighted by Gasteiger charge is -2.43. The van der Waals surface area contributed by atoms with E-state index in [1.54, 1.807) is 12.1 Å². The average Bonchev–Trinajstić information content (AvgIpc) is 3.32. The molecule has 3 aromatic rings. The van der Waals surface area contributed by atoms with Crippen LogP contribution in [0.1, 0.15) is 70.3 Å². The lowest BCUT2D eigenvalue weighted by Crippen LogP contribution is -2.55. The number of amides is 2. The zero-order valence-corrected chi connectivity index (χ0v) is 22.3. The molecular weight excluding hydrogens is 494 g/mol. The molecule has 3 aliphatic rings. The molecule has 1 aromatic carbocycles. The van der Waals surface area contributed by atoms with Gasteiger partial charge in [-0.3, -0.25) is 19.2 Å². The second-order valence-corrected chi connectivity index (χ2v) is 12.0. The largest absolute Gasteiger partial charge is 0.468 e. The standard InChI is InChI=1S/C31H33N3O5/c1-31(2)13-25(35)28-22(18-39-26(28)14-31)29(37)32-23(12-19-7-4-3-5-8-19)30(38)33-15-20-11-21(17-33)24-9-6-10-27(36)34(24)16-20/h3-10,18,20-21,23H,11-17H2,1-2H3,(H,32,37)/t20-,21+,23+/m0/s1. The van der Waals surface area contributed by atoms with E-state index in [0.717, 1.165) is 17.7 Å². The summed E-state index contributed by atoms with van der Waals surface area (Å²) in [6.07, 6.45) is 3.53. The Hall–Kier alpha value is -3.94. The molecule has 0 saturated carbocycles. The summed E-state index contributed by atoms with van der Waals surface area (Å²) in [6, 6.07) is 14.1. The summed E-state index contributed by atoms with van der Waals surface area (Å²) in [5, 5.41) is 2.95. The molecule has 3 atom stereocenters. The number of ketones is 1. The van der Waals surface area contributed by atoms with Gasteiger partial charge in [0.15, 0.2) is 5.78 Å². The van der Waals surface area contributed by atoms with Crippen molar-refractivity contribution in [1.82, 2.24) is 14.8 Å². The summed E-state index contributed by atoms with van der Waals surface area (Å²) in [4.78, 5) is 54.7. The number of furan rings is 1. The van der Waals surface area contributed by atoms with Gasteiger partial charge in [0, 0.05) is 56.6 Å². The van der Waals surface area contributed by atoms with Gasteiger partial charge in [-0.1, -0.05) is 50.2 Å². The first kappa shape index (κ1) is 25.3. The van der Waals surface area contributed by atoms with Crippen LogP contribution in [0.3, 0.4) is 0 Å². The number of hydrogen-bond acceptors (Lipinski definition) is 5. The number of hydrogen-bond donors (Lipinski definition) is 1. The minimum atomic E-state index is -0.808. The maximum absolute atomic E-state index is 14.0. The van der Waals surface area contributed by atoms with Crippen LogP contribution in [-0.2, 0) is 24.2 Å². The fourth-order valence-electron chi connectivity index (χ4n) is 6.60. The Bertz CT molecular complexity index is 1500. The van der Waals surface area contributed by atoms with E-state index in [4.69, 9.17) is 4.42 Å². The van der Waals surface area contributed by atoms with Crippen molar-refractivity contribution < 1.29 is 18.8 Å². The van der Waals surface area contributed by atoms with E-state index in [1.165, 1.54) is 6.26 Å². The van der Waals surface area contributed by atoms with E-state index < -0.39 is 11.9 Å². The zero-order valence-electron chi connectivity index (χ0n) is 22.3. The molecule has 2 amide bonds. The van der Waals surface area contributed by atoms with Crippen LogP contribution in [0.15, 0.2) is 64.0 Å². The van der Waals surface area contributed by atoms with Gasteiger partial charge in [0.2, 0.25) is 5.91 Å². The minimum Gasteiger partial charge on any atom is -0.468 e. The van der Waals surface area contributed by atoms with Gasteiger partial charge < -0.3 is 19.2 Å². The fraction of sp³-hybridized carbons (Fsp3) is 0.419. The van der Waals surface area contributed by atoms with Crippen molar-refractivity contribution in [2.45, 2.75) is 58.0 Å². The number of rotatable bonds is 5. The van der Waals surface area contributed by atoms with E-state index >= 15 is 0 Å². The number of carbonyl (C=O) groups is 3. The first-order valence-electron chi connectivity index (χ1n) is 13.7. The number of nitrogens with zero attached hydrogens (tertiary/aromatic N) is 2. The maximum Gasteiger partial charge on any atom is 0.255 e. The summed E-state index contributed by atoms with van der Waals surface area (Å²) in [5.74, 6) is 0.0457. The molecule has 2 bridgehead atoms. The quantitative estimate of drug-likeness (QED) is 0.547. The van der Waals surface area contributed by atoms with Gasteiger partial charge in [0.25, 0.3) is 11.5 Å². The zero-order chi connectivity index (χ0) is 27.3. The van der Waals surface area contributed by atoms with E-state index in [2.05, 4.69) is 5.32 Å². The molecule has 2 aliphatic heterocycles. The van der Waals surface area contributed by atoms with Gasteiger partial charge in [-0.15, -0.1) is 0 Å². The Balaban J connectivity index is 1.26. The number of Topliss-reactive ketones (excluding diaryl/α,β-unsaturated/α-hetero) is 1. The monoisotopic (exact) mass is 527 g/mol. The Morgan fingerprint density at radius 3 is 2.62 bits per heavy atom. The third-order valence-electron chi connectivity index (χ3n) is 8.35. The van der Waals surface area contributed by atoms with Crippen LogP contribution in [0.2, 0.25) is 0 Å². The maximum atomic E-state index is 14.0. The predicted molar refractivity (Wildman–Crippen MR) is 145 cm³/mol. The molecule has 1 aliphatic carbocycles. The molecule has 202 valence electrons. The molecule has 8 nitrogen and oxygen atoms in total. The highest BCUT2D eigenvalue weighted by atomic mass is 16.3. The van der Waals surface area contributed by atoms with Gasteiger partial charge in [-0.05, 0) is 29.4 Å². The smallest absolute Gasteiger partial charge is 0.255 e. The number of carbonyl (C=O) groups excluding carboxylic acids is 3. The molecule has 39 heavy (non-hydrogen) atoms. The van der Waals surface area contributed by atoms with Crippen molar-refractivity contribution in [3.05, 3.63) is 93.3 Å². The van der Waals surface area contributed by atoms with E-state index in [-0.39, 0.29) is 40.1 Å². The molecule has 2 aromatic heterocycles. The van der Waals surface area contributed by atoms with Crippen molar-refractivity contribution in [2.75, 3.05) is 13.1 Å². The van der Waals surface area contributed by atoms with Crippen LogP contribution in [-0.4, -0.2) is 46.2 Å². The van der Waals surface area contributed by atoms with Crippen LogP contribution >= 0.6 is 0 Å². The van der Waals surface area contributed by atoms with E-state index in [1.807, 2.05) is 59.7 Å². The van der Waals surface area contributed by atoms with Crippen molar-refractivity contribution in [3.8, 4) is 0 Å². The van der Waals surface area contributed by atoms with E-state index in [0.29, 0.717) is 50.2 Å². The highest BCUT2D eigenvalue weighted by Gasteiger charge is 2.40. The van der Waals surface area contributed by atoms with Crippen LogP contribution in [0.25, 0.3) is 0 Å². The molecule has 1 N–H and O–H groups in total. The molecule has 1 fully saturated rings. The van der Waals surface area contributed by atoms with Crippen molar-refractivity contribution >= 4 is 17.6 Å². The highest BCUT2D eigenvalue weighted by Crippen LogP contribution is 2.37. The Kier molecular flexibility index (Phi) is 6.28. The molecule has 0 spiro atoms. The number of pyridine rings is 1. The van der Waals surface area contributed by atoms with Crippen molar-refractivity contribution in [2.24, 2.45) is 11.3 Å². The highest BCUT2D eigenvalue weighted by molar-refractivity contribution is 6.10. The van der Waals surface area contributed by atoms with Gasteiger partial charge in [0.05, 0.1) is 11.1 Å². The molecule has 4 heterocycles. The Morgan fingerprint density at radius 2 is 1.82 bits per heavy atom. The Labute approximate surface area is 227 Å². The molecule has 0 unspecified atom stereocenters. The van der Waals surface area contributed by atoms with Crippen LogP contribution in [0.4, 0.5) is 0 Å². The summed E-state index contributed by atoms with van der Waals surface area (Å²) in [6.45, 7) is 5.63. The normalized spacial score (nSPS) is 22.0. The second-order valence-electron chi connectivity index (χ2n) is 12.0. The lowest BCUT2D eigenvalue weighted by molar-refractivity contribution is -0.136. The summed E-state index contributed by atoms with van der Waals surface area (Å²) in [7, 11) is 0. The first-order valence-corrected chi connectivity index (χ1v) is 13.7. The summed E-state index contributed by atoms with van der Waals surface area (Å²) >= 11 is 0. The number of aromatic nitrogens is 1. The number of likely N-dealkylation sites (tertiary alicyclic amines) is 1.